The van der Waals surface area contributed by atoms with Crippen LogP contribution in [0.3, 0.4) is 0 Å². The molecule has 1 aromatic carbocycles. The van der Waals surface area contributed by atoms with Gasteiger partial charge in [0.15, 0.2) is 0 Å². The molecule has 5 rings (SSSR count). The van der Waals surface area contributed by atoms with Crippen LogP contribution in [0.25, 0.3) is 0 Å². The van der Waals surface area contributed by atoms with Gasteiger partial charge in [0, 0.05) is 30.7 Å². The molecule has 2 aliphatic carbocycles. The van der Waals surface area contributed by atoms with Crippen molar-refractivity contribution in [2.45, 2.75) is 56.9 Å². The molecule has 2 aromatic rings. The molecule has 2 heterocycles. The molecule has 0 atom stereocenters. The lowest BCUT2D eigenvalue weighted by molar-refractivity contribution is 0.0655. The quantitative estimate of drug-likeness (QED) is 0.636. The first-order valence-corrected chi connectivity index (χ1v) is 12.9. The minimum Gasteiger partial charge on any atom is -0.337 e. The Morgan fingerprint density at radius 3 is 2.39 bits per heavy atom. The second kappa shape index (κ2) is 9.98. The number of nitrogens with one attached hydrogen (secondary N) is 1. The zero-order valence-corrected chi connectivity index (χ0v) is 20.3. The molecule has 0 bridgehead atoms. The number of carbonyl (C=O) groups excluding carboxylic acids is 1. The Balaban J connectivity index is 1.17. The summed E-state index contributed by atoms with van der Waals surface area (Å²) in [7, 11) is 4.19. The summed E-state index contributed by atoms with van der Waals surface area (Å²) in [5.41, 5.74) is 4.80. The zero-order valence-electron chi connectivity index (χ0n) is 20.3. The van der Waals surface area contributed by atoms with E-state index in [1.54, 1.807) is 0 Å². The number of hydrogen-bond acceptors (Lipinski definition) is 4. The van der Waals surface area contributed by atoms with Gasteiger partial charge in [-0.15, -0.1) is 0 Å². The van der Waals surface area contributed by atoms with Crippen LogP contribution in [0, 0.1) is 5.92 Å². The Labute approximate surface area is 198 Å². The number of piperidine rings is 1. The lowest BCUT2D eigenvalue weighted by atomic mass is 9.94. The molecule has 0 radical (unpaired) electrons. The van der Waals surface area contributed by atoms with Crippen LogP contribution in [0.15, 0.2) is 30.3 Å². The summed E-state index contributed by atoms with van der Waals surface area (Å²) in [4.78, 5) is 20.3. The lowest BCUT2D eigenvalue weighted by Crippen LogP contribution is -2.45. The largest absolute Gasteiger partial charge is 0.337 e. The van der Waals surface area contributed by atoms with E-state index >= 15 is 0 Å². The van der Waals surface area contributed by atoms with E-state index in [2.05, 4.69) is 63.3 Å². The van der Waals surface area contributed by atoms with E-state index in [4.69, 9.17) is 0 Å². The highest BCUT2D eigenvalue weighted by molar-refractivity contribution is 5.92. The number of hydrogen-bond donors (Lipinski definition) is 1. The normalized spacial score (nSPS) is 19.8. The Morgan fingerprint density at radius 1 is 1.06 bits per heavy atom. The van der Waals surface area contributed by atoms with E-state index in [9.17, 15) is 4.79 Å². The monoisotopic (exact) mass is 449 g/mol. The molecule has 1 aliphatic heterocycles. The highest BCUT2D eigenvalue weighted by Crippen LogP contribution is 2.39. The fourth-order valence-corrected chi connectivity index (χ4v) is 5.67. The highest BCUT2D eigenvalue weighted by Gasteiger charge is 2.32. The van der Waals surface area contributed by atoms with Crippen LogP contribution in [0.4, 0.5) is 0 Å². The molecule has 1 aromatic heterocycles. The Morgan fingerprint density at radius 2 is 1.76 bits per heavy atom. The number of H-pyrrole nitrogens is 1. The standard InChI is InChI=1S/C27H39N5O/c1-30(2)12-5-13-32(27(33)26-18-25(28-29-26)21-8-9-21)19-20-10-14-31(15-11-20)24-16-22-6-3-4-7-23(22)17-24/h3-4,6-7,18,20-21,24H,5,8-17,19H2,1-2H3,(H,28,29). The average Bonchev–Trinajstić information content (AvgIpc) is 3.38. The third-order valence-corrected chi connectivity index (χ3v) is 7.83. The smallest absolute Gasteiger partial charge is 0.274 e. The van der Waals surface area contributed by atoms with Crippen molar-refractivity contribution >= 4 is 5.91 Å². The number of amides is 1. The van der Waals surface area contributed by atoms with Gasteiger partial charge < -0.3 is 9.80 Å². The minimum absolute atomic E-state index is 0.102. The second-order valence-electron chi connectivity index (χ2n) is 10.7. The SMILES string of the molecule is CN(C)CCCN(CC1CCN(C2Cc3ccccc3C2)CC1)C(=O)c1cc(C2CC2)[nH]n1. The van der Waals surface area contributed by atoms with Crippen LogP contribution >= 0.6 is 0 Å². The van der Waals surface area contributed by atoms with E-state index < -0.39 is 0 Å². The van der Waals surface area contributed by atoms with E-state index in [0.29, 0.717) is 23.6 Å². The number of benzene rings is 1. The third kappa shape index (κ3) is 5.49. The van der Waals surface area contributed by atoms with E-state index in [0.717, 1.165) is 44.8 Å². The summed E-state index contributed by atoms with van der Waals surface area (Å²) in [5, 5.41) is 7.50. The van der Waals surface area contributed by atoms with Gasteiger partial charge in [-0.05, 0) is 102 Å². The van der Waals surface area contributed by atoms with Crippen molar-refractivity contribution in [2.75, 3.05) is 46.8 Å². The van der Waals surface area contributed by atoms with Gasteiger partial charge in [0.05, 0.1) is 0 Å². The number of fused-ring (bicyclic) bond motifs is 1. The Kier molecular flexibility index (Phi) is 6.84. The molecule has 1 N–H and O–H groups in total. The van der Waals surface area contributed by atoms with Crippen molar-refractivity contribution in [2.24, 2.45) is 5.92 Å². The van der Waals surface area contributed by atoms with Gasteiger partial charge in [-0.25, -0.2) is 0 Å². The number of likely N-dealkylation sites (tertiary alicyclic amines) is 1. The van der Waals surface area contributed by atoms with Crippen molar-refractivity contribution in [3.63, 3.8) is 0 Å². The maximum absolute atomic E-state index is 13.4. The van der Waals surface area contributed by atoms with Crippen LogP contribution in [-0.2, 0) is 12.8 Å². The molecular weight excluding hydrogens is 410 g/mol. The summed E-state index contributed by atoms with van der Waals surface area (Å²) < 4.78 is 0. The van der Waals surface area contributed by atoms with Gasteiger partial charge in [-0.2, -0.15) is 5.10 Å². The van der Waals surface area contributed by atoms with Gasteiger partial charge in [0.1, 0.15) is 5.69 Å². The first kappa shape index (κ1) is 22.6. The van der Waals surface area contributed by atoms with Gasteiger partial charge in [0.25, 0.3) is 5.91 Å². The molecule has 178 valence electrons. The van der Waals surface area contributed by atoms with Crippen molar-refractivity contribution in [1.82, 2.24) is 24.9 Å². The third-order valence-electron chi connectivity index (χ3n) is 7.83. The number of carbonyl (C=O) groups is 1. The molecule has 3 aliphatic rings. The van der Waals surface area contributed by atoms with Gasteiger partial charge in [-0.1, -0.05) is 24.3 Å². The van der Waals surface area contributed by atoms with Crippen LogP contribution < -0.4 is 0 Å². The number of aromatic nitrogens is 2. The van der Waals surface area contributed by atoms with Crippen LogP contribution in [-0.4, -0.2) is 83.7 Å². The lowest BCUT2D eigenvalue weighted by Gasteiger charge is -2.37. The molecule has 6 heteroatoms. The summed E-state index contributed by atoms with van der Waals surface area (Å²) in [6.07, 6.45) is 8.17. The summed E-state index contributed by atoms with van der Waals surface area (Å²) >= 11 is 0. The summed E-state index contributed by atoms with van der Waals surface area (Å²) in [6.45, 7) is 4.96. The molecule has 1 amide bonds. The Hall–Kier alpha value is -2.18. The van der Waals surface area contributed by atoms with Crippen molar-refractivity contribution in [3.05, 3.63) is 52.8 Å². The fraction of sp³-hybridized carbons (Fsp3) is 0.630. The van der Waals surface area contributed by atoms with E-state index in [1.807, 2.05) is 6.07 Å². The van der Waals surface area contributed by atoms with Gasteiger partial charge in [-0.3, -0.25) is 14.8 Å². The maximum atomic E-state index is 13.4. The van der Waals surface area contributed by atoms with E-state index in [1.165, 1.54) is 49.7 Å². The van der Waals surface area contributed by atoms with E-state index in [-0.39, 0.29) is 5.91 Å². The molecule has 2 fully saturated rings. The molecule has 0 spiro atoms. The molecule has 0 unspecified atom stereocenters. The van der Waals surface area contributed by atoms with Crippen molar-refractivity contribution in [3.8, 4) is 0 Å². The van der Waals surface area contributed by atoms with Crippen LogP contribution in [0.2, 0.25) is 0 Å². The highest BCUT2D eigenvalue weighted by atomic mass is 16.2. The minimum atomic E-state index is 0.102. The first-order chi connectivity index (χ1) is 16.1. The summed E-state index contributed by atoms with van der Waals surface area (Å²) in [5.74, 6) is 1.27. The van der Waals surface area contributed by atoms with Crippen LogP contribution in [0.1, 0.15) is 65.3 Å². The number of nitrogens with zero attached hydrogens (tertiary/aromatic N) is 4. The van der Waals surface area contributed by atoms with Gasteiger partial charge in [0.2, 0.25) is 0 Å². The topological polar surface area (TPSA) is 55.5 Å². The predicted molar refractivity (Wildman–Crippen MR) is 132 cm³/mol. The molecule has 33 heavy (non-hydrogen) atoms. The first-order valence-electron chi connectivity index (χ1n) is 12.9. The maximum Gasteiger partial charge on any atom is 0.274 e. The number of rotatable bonds is 9. The summed E-state index contributed by atoms with van der Waals surface area (Å²) in [6, 6.07) is 11.6. The van der Waals surface area contributed by atoms with Crippen molar-refractivity contribution < 1.29 is 4.79 Å². The van der Waals surface area contributed by atoms with Gasteiger partial charge >= 0.3 is 0 Å². The molecule has 1 saturated carbocycles. The average molecular weight is 450 g/mol. The molecular formula is C27H39N5O. The Bertz CT molecular complexity index is 916. The second-order valence-corrected chi connectivity index (χ2v) is 10.7. The van der Waals surface area contributed by atoms with Crippen molar-refractivity contribution in [1.29, 1.82) is 0 Å². The predicted octanol–water partition coefficient (Wildman–Crippen LogP) is 3.56. The fourth-order valence-electron chi connectivity index (χ4n) is 5.67. The zero-order chi connectivity index (χ0) is 22.8. The van der Waals surface area contributed by atoms with Crippen LogP contribution in [0.5, 0.6) is 0 Å². The molecule has 1 saturated heterocycles. The number of aromatic amines is 1. The molecule has 6 nitrogen and oxygen atoms in total.